The first-order valence-corrected chi connectivity index (χ1v) is 12.4. The van der Waals surface area contributed by atoms with E-state index in [-0.39, 0.29) is 24.7 Å². The first-order valence-electron chi connectivity index (χ1n) is 12.4. The van der Waals surface area contributed by atoms with E-state index in [2.05, 4.69) is 11.1 Å². The first-order chi connectivity index (χ1) is 16.4. The molecule has 4 N–H and O–H groups in total. The number of esters is 1. The molecule has 0 aliphatic carbocycles. The van der Waals surface area contributed by atoms with E-state index in [0.717, 1.165) is 30.4 Å². The van der Waals surface area contributed by atoms with Crippen molar-refractivity contribution in [2.45, 2.75) is 98.5 Å². The predicted octanol–water partition coefficient (Wildman–Crippen LogP) is 3.95. The van der Waals surface area contributed by atoms with Gasteiger partial charge in [0, 0.05) is 12.3 Å². The second-order valence-electron chi connectivity index (χ2n) is 10.5. The number of aliphatic hydroxyl groups is 2. The van der Waals surface area contributed by atoms with Crippen molar-refractivity contribution in [3.63, 3.8) is 0 Å². The molecule has 0 bridgehead atoms. The molecule has 1 aromatic heterocycles. The fraction of sp³-hybridized carbons (Fsp3) is 0.667. The number of carbonyl (C=O) groups is 2. The van der Waals surface area contributed by atoms with Crippen molar-refractivity contribution >= 4 is 17.8 Å². The lowest BCUT2D eigenvalue weighted by atomic mass is 9.73. The fourth-order valence-corrected chi connectivity index (χ4v) is 4.44. The first kappa shape index (κ1) is 28.9. The van der Waals surface area contributed by atoms with Gasteiger partial charge in [-0.1, -0.05) is 39.3 Å². The lowest BCUT2D eigenvalue weighted by Gasteiger charge is -2.34. The van der Waals surface area contributed by atoms with Crippen molar-refractivity contribution in [3.05, 3.63) is 35.1 Å². The van der Waals surface area contributed by atoms with Gasteiger partial charge in [-0.15, -0.1) is 0 Å². The van der Waals surface area contributed by atoms with Gasteiger partial charge >= 0.3 is 5.97 Å². The molecule has 0 spiro atoms. The highest BCUT2D eigenvalue weighted by atomic mass is 16.5. The summed E-state index contributed by atoms with van der Waals surface area (Å²) in [5, 5.41) is 21.6. The number of Topliss-reactive ketones (excluding diaryl/α,β-unsaturated/α-hetero) is 1. The number of carbonyl (C=O) groups excluding carboxylic acids is 2. The predicted molar refractivity (Wildman–Crippen MR) is 134 cm³/mol. The van der Waals surface area contributed by atoms with Gasteiger partial charge in [0.05, 0.1) is 30.6 Å². The van der Waals surface area contributed by atoms with Crippen LogP contribution in [0, 0.1) is 17.3 Å². The largest absolute Gasteiger partial charge is 0.457 e. The maximum Gasteiger partial charge on any atom is 0.309 e. The fourth-order valence-electron chi connectivity index (χ4n) is 4.44. The summed E-state index contributed by atoms with van der Waals surface area (Å²) in [4.78, 5) is 30.3. The van der Waals surface area contributed by atoms with Crippen molar-refractivity contribution in [2.75, 3.05) is 0 Å². The third-order valence-corrected chi connectivity index (χ3v) is 7.15. The Labute approximate surface area is 208 Å². The van der Waals surface area contributed by atoms with E-state index in [1.807, 2.05) is 20.8 Å². The molecule has 0 saturated heterocycles. The second-order valence-corrected chi connectivity index (χ2v) is 10.5. The number of aromatic nitrogens is 1. The summed E-state index contributed by atoms with van der Waals surface area (Å²) >= 11 is 0. The number of nitrogens with zero attached hydrogens (tertiary/aromatic N) is 1. The minimum Gasteiger partial charge on any atom is -0.457 e. The number of ketones is 1. The number of rotatable bonds is 3. The Kier molecular flexibility index (Phi) is 10.4. The molecule has 5 unspecified atom stereocenters. The molecule has 8 nitrogen and oxygen atoms in total. The van der Waals surface area contributed by atoms with Crippen LogP contribution in [0.5, 0.6) is 0 Å². The van der Waals surface area contributed by atoms with Gasteiger partial charge in [0.2, 0.25) is 5.89 Å². The van der Waals surface area contributed by atoms with Crippen LogP contribution in [-0.4, -0.2) is 45.3 Å². The van der Waals surface area contributed by atoms with Crippen molar-refractivity contribution in [2.24, 2.45) is 23.0 Å². The molecule has 0 amide bonds. The van der Waals surface area contributed by atoms with Gasteiger partial charge < -0.3 is 25.1 Å². The van der Waals surface area contributed by atoms with Crippen molar-refractivity contribution < 1.29 is 29.0 Å². The third-order valence-electron chi connectivity index (χ3n) is 7.15. The summed E-state index contributed by atoms with van der Waals surface area (Å²) in [6, 6.07) is 0. The number of nitrogens with two attached hydrogens (primary N) is 1. The topological polar surface area (TPSA) is 136 Å². The lowest BCUT2D eigenvalue weighted by molar-refractivity contribution is -0.154. The van der Waals surface area contributed by atoms with Crippen molar-refractivity contribution in [3.8, 4) is 0 Å². The second kappa shape index (κ2) is 12.6. The van der Waals surface area contributed by atoms with Crippen LogP contribution in [0.2, 0.25) is 0 Å². The molecule has 35 heavy (non-hydrogen) atoms. The van der Waals surface area contributed by atoms with Gasteiger partial charge in [-0.05, 0) is 50.7 Å². The molecule has 8 heteroatoms. The average molecular weight is 491 g/mol. The van der Waals surface area contributed by atoms with E-state index in [1.165, 1.54) is 6.26 Å². The number of oxazole rings is 1. The van der Waals surface area contributed by atoms with Crippen LogP contribution >= 0.6 is 0 Å². The Balaban J connectivity index is 2.33. The number of aliphatic hydroxyl groups excluding tert-OH is 2. The SMILES string of the molecule is CC1=CCC(C(C)=Cc2coc(CN)n2)OC(=O)CC(O)C(C)(C)C(=O)C(C)C(O)C(C)CCC1. The summed E-state index contributed by atoms with van der Waals surface area (Å²) < 4.78 is 11.1. The average Bonchev–Trinajstić information content (AvgIpc) is 3.26. The highest BCUT2D eigenvalue weighted by molar-refractivity contribution is 5.88. The van der Waals surface area contributed by atoms with Crippen LogP contribution in [0.1, 0.15) is 85.2 Å². The molecule has 0 aromatic carbocycles. The Hall–Kier alpha value is -2.29. The monoisotopic (exact) mass is 490 g/mol. The molecule has 0 fully saturated rings. The highest BCUT2D eigenvalue weighted by Crippen LogP contribution is 2.32. The molecular weight excluding hydrogens is 448 g/mol. The van der Waals surface area contributed by atoms with Crippen LogP contribution in [0.15, 0.2) is 27.9 Å². The van der Waals surface area contributed by atoms with E-state index in [4.69, 9.17) is 14.9 Å². The van der Waals surface area contributed by atoms with E-state index >= 15 is 0 Å². The lowest BCUT2D eigenvalue weighted by Crippen LogP contribution is -2.45. The van der Waals surface area contributed by atoms with E-state index < -0.39 is 35.6 Å². The Bertz CT molecular complexity index is 932. The van der Waals surface area contributed by atoms with Crippen LogP contribution in [0.3, 0.4) is 0 Å². The van der Waals surface area contributed by atoms with Crippen LogP contribution in [-0.2, 0) is 20.9 Å². The van der Waals surface area contributed by atoms with Gasteiger partial charge in [0.15, 0.2) is 0 Å². The van der Waals surface area contributed by atoms with Gasteiger partial charge in [0.25, 0.3) is 0 Å². The summed E-state index contributed by atoms with van der Waals surface area (Å²) in [5.74, 6) is -1.17. The van der Waals surface area contributed by atoms with Gasteiger partial charge in [0.1, 0.15) is 23.8 Å². The molecule has 0 radical (unpaired) electrons. The smallest absolute Gasteiger partial charge is 0.309 e. The molecule has 1 aromatic rings. The minimum absolute atomic E-state index is 0.0636. The van der Waals surface area contributed by atoms with Crippen molar-refractivity contribution in [1.82, 2.24) is 4.98 Å². The van der Waals surface area contributed by atoms with Crippen LogP contribution < -0.4 is 5.73 Å². The molecule has 1 aliphatic heterocycles. The number of ether oxygens (including phenoxy) is 1. The van der Waals surface area contributed by atoms with E-state index in [0.29, 0.717) is 18.0 Å². The van der Waals surface area contributed by atoms with Gasteiger partial charge in [-0.3, -0.25) is 9.59 Å². The normalized spacial score (nSPS) is 30.0. The Morgan fingerprint density at radius 2 is 1.97 bits per heavy atom. The molecular formula is C27H42N2O6. The number of cyclic esters (lactones) is 1. The van der Waals surface area contributed by atoms with Crippen molar-refractivity contribution in [1.29, 1.82) is 0 Å². The summed E-state index contributed by atoms with van der Waals surface area (Å²) in [6.07, 6.45) is 5.35. The number of allylic oxidation sites excluding steroid dienone is 1. The Morgan fingerprint density at radius 1 is 1.29 bits per heavy atom. The maximum absolute atomic E-state index is 13.2. The van der Waals surface area contributed by atoms with E-state index in [9.17, 15) is 19.8 Å². The zero-order valence-corrected chi connectivity index (χ0v) is 21.9. The third kappa shape index (κ3) is 7.85. The summed E-state index contributed by atoms with van der Waals surface area (Å²) in [5.41, 5.74) is 6.87. The Morgan fingerprint density at radius 3 is 2.60 bits per heavy atom. The minimum atomic E-state index is -1.25. The van der Waals surface area contributed by atoms with Gasteiger partial charge in [-0.25, -0.2) is 4.98 Å². The quantitative estimate of drug-likeness (QED) is 0.428. The summed E-state index contributed by atoms with van der Waals surface area (Å²) in [7, 11) is 0. The van der Waals surface area contributed by atoms with Crippen LogP contribution in [0.25, 0.3) is 6.08 Å². The standard InChI is InChI=1S/C27H42N2O6/c1-16-8-7-9-17(2)25(32)19(4)26(33)27(5,6)22(30)13-24(31)35-21(11-10-16)18(3)12-20-15-34-23(14-28)29-20/h10,12,15,17,19,21-22,25,30,32H,7-9,11,13-14,28H2,1-6H3. The van der Waals surface area contributed by atoms with Gasteiger partial charge in [-0.2, -0.15) is 0 Å². The molecule has 1 aliphatic rings. The zero-order valence-electron chi connectivity index (χ0n) is 21.9. The molecule has 2 heterocycles. The number of hydrogen-bond donors (Lipinski definition) is 3. The zero-order chi connectivity index (χ0) is 26.3. The van der Waals surface area contributed by atoms with Crippen LogP contribution in [0.4, 0.5) is 0 Å². The molecule has 5 atom stereocenters. The molecule has 2 rings (SSSR count). The maximum atomic E-state index is 13.2. The molecule has 0 saturated carbocycles. The van der Waals surface area contributed by atoms with E-state index in [1.54, 1.807) is 26.8 Å². The molecule has 196 valence electrons. The number of hydrogen-bond acceptors (Lipinski definition) is 8. The highest BCUT2D eigenvalue weighted by Gasteiger charge is 2.42. The summed E-state index contributed by atoms with van der Waals surface area (Å²) in [6.45, 7) is 10.9.